The molecule has 2 fully saturated rings. The number of rotatable bonds is 4. The van der Waals surface area contributed by atoms with Crippen LogP contribution in [0.25, 0.3) is 16.6 Å². The number of hydrogen-bond donors (Lipinski definition) is 0. The molecule has 0 aliphatic carbocycles. The molecular formula is C25H31ClN6O. The first-order valence-electron chi connectivity index (χ1n) is 11.6. The number of benzene rings is 2. The van der Waals surface area contributed by atoms with Crippen molar-refractivity contribution in [2.24, 2.45) is 0 Å². The van der Waals surface area contributed by atoms with Crippen LogP contribution in [0, 0.1) is 0 Å². The lowest BCUT2D eigenvalue weighted by molar-refractivity contribution is 0.144. The Bertz CT molecular complexity index is 1180. The van der Waals surface area contributed by atoms with Crippen LogP contribution in [-0.2, 0) is 6.54 Å². The third kappa shape index (κ3) is 4.77. The fourth-order valence-corrected chi connectivity index (χ4v) is 4.78. The molecule has 0 unspecified atom stereocenters. The SMILES string of the molecule is CN1CCN(Cc2nc3ccc(N4CCN(C)CC4)cc3c(=O)n2-c2ccc(Cl)cc2)CC1. The summed E-state index contributed by atoms with van der Waals surface area (Å²) >= 11 is 6.14. The molecule has 3 heterocycles. The summed E-state index contributed by atoms with van der Waals surface area (Å²) in [6.45, 7) is 8.58. The molecule has 8 heteroatoms. The van der Waals surface area contributed by atoms with E-state index in [-0.39, 0.29) is 5.56 Å². The standard InChI is InChI=1S/C25H31ClN6O/c1-28-9-13-30(14-10-28)18-24-27-23-8-7-21(31-15-11-29(2)12-16-31)17-22(23)25(33)32(24)20-5-3-19(26)4-6-20/h3-8,17H,9-16,18H2,1-2H3. The van der Waals surface area contributed by atoms with Crippen LogP contribution >= 0.6 is 11.6 Å². The Balaban J connectivity index is 1.57. The monoisotopic (exact) mass is 466 g/mol. The van der Waals surface area contributed by atoms with Gasteiger partial charge in [0, 0.05) is 63.1 Å². The van der Waals surface area contributed by atoms with Crippen LogP contribution < -0.4 is 10.5 Å². The van der Waals surface area contributed by atoms with Gasteiger partial charge >= 0.3 is 0 Å². The molecule has 3 aromatic rings. The van der Waals surface area contributed by atoms with Crippen molar-refractivity contribution < 1.29 is 0 Å². The van der Waals surface area contributed by atoms with Gasteiger partial charge in [0.15, 0.2) is 0 Å². The first-order valence-corrected chi connectivity index (χ1v) is 12.0. The van der Waals surface area contributed by atoms with Gasteiger partial charge in [0.2, 0.25) is 0 Å². The van der Waals surface area contributed by atoms with Crippen molar-refractivity contribution >= 4 is 28.2 Å². The number of hydrogen-bond acceptors (Lipinski definition) is 6. The van der Waals surface area contributed by atoms with Crippen molar-refractivity contribution in [1.29, 1.82) is 0 Å². The average molecular weight is 467 g/mol. The molecule has 2 aromatic carbocycles. The third-order valence-electron chi connectivity index (χ3n) is 6.84. The molecule has 0 atom stereocenters. The van der Waals surface area contributed by atoms with E-state index in [0.29, 0.717) is 17.0 Å². The number of fused-ring (bicyclic) bond motifs is 1. The molecule has 2 aliphatic heterocycles. The summed E-state index contributed by atoms with van der Waals surface area (Å²) in [7, 11) is 4.29. The van der Waals surface area contributed by atoms with E-state index in [1.54, 1.807) is 4.57 Å². The Morgan fingerprint density at radius 2 is 1.42 bits per heavy atom. The molecule has 174 valence electrons. The Kier molecular flexibility index (Phi) is 6.38. The minimum atomic E-state index is -0.0255. The first-order chi connectivity index (χ1) is 16.0. The lowest BCUT2D eigenvalue weighted by atomic mass is 10.1. The molecular weight excluding hydrogens is 436 g/mol. The molecule has 2 aliphatic rings. The van der Waals surface area contributed by atoms with E-state index in [1.165, 1.54) is 0 Å². The van der Waals surface area contributed by atoms with Gasteiger partial charge in [0.25, 0.3) is 5.56 Å². The summed E-state index contributed by atoms with van der Waals surface area (Å²) in [5.74, 6) is 0.770. The van der Waals surface area contributed by atoms with E-state index in [9.17, 15) is 4.79 Å². The van der Waals surface area contributed by atoms with Gasteiger partial charge in [0.05, 0.1) is 23.1 Å². The summed E-state index contributed by atoms with van der Waals surface area (Å²) in [6, 6.07) is 13.6. The highest BCUT2D eigenvalue weighted by Gasteiger charge is 2.20. The average Bonchev–Trinajstić information content (AvgIpc) is 2.82. The highest BCUT2D eigenvalue weighted by atomic mass is 35.5. The molecule has 0 N–H and O–H groups in total. The highest BCUT2D eigenvalue weighted by molar-refractivity contribution is 6.30. The zero-order chi connectivity index (χ0) is 22.9. The topological polar surface area (TPSA) is 47.9 Å². The Morgan fingerprint density at radius 1 is 0.818 bits per heavy atom. The van der Waals surface area contributed by atoms with E-state index < -0.39 is 0 Å². The number of piperazine rings is 2. The zero-order valence-corrected chi connectivity index (χ0v) is 20.1. The predicted octanol–water partition coefficient (Wildman–Crippen LogP) is 2.54. The molecule has 0 bridgehead atoms. The molecule has 0 saturated carbocycles. The molecule has 2 saturated heterocycles. The van der Waals surface area contributed by atoms with Crippen molar-refractivity contribution in [3.8, 4) is 5.69 Å². The maximum absolute atomic E-state index is 13.9. The Morgan fingerprint density at radius 3 is 2.09 bits per heavy atom. The predicted molar refractivity (Wildman–Crippen MR) is 135 cm³/mol. The number of nitrogens with zero attached hydrogens (tertiary/aromatic N) is 6. The van der Waals surface area contributed by atoms with Gasteiger partial charge in [-0.3, -0.25) is 14.3 Å². The van der Waals surface area contributed by atoms with Crippen LogP contribution in [-0.4, -0.2) is 90.7 Å². The molecule has 0 amide bonds. The summed E-state index contributed by atoms with van der Waals surface area (Å²) in [5, 5.41) is 1.31. The molecule has 33 heavy (non-hydrogen) atoms. The van der Waals surface area contributed by atoms with E-state index in [2.05, 4.69) is 39.8 Å². The van der Waals surface area contributed by atoms with Crippen molar-refractivity contribution in [2.75, 3.05) is 71.4 Å². The van der Waals surface area contributed by atoms with Crippen LogP contribution in [0.3, 0.4) is 0 Å². The zero-order valence-electron chi connectivity index (χ0n) is 19.4. The largest absolute Gasteiger partial charge is 0.369 e. The van der Waals surface area contributed by atoms with Gasteiger partial charge in [0.1, 0.15) is 5.82 Å². The van der Waals surface area contributed by atoms with Gasteiger partial charge in [-0.2, -0.15) is 0 Å². The maximum Gasteiger partial charge on any atom is 0.266 e. The van der Waals surface area contributed by atoms with Gasteiger partial charge < -0.3 is 14.7 Å². The van der Waals surface area contributed by atoms with E-state index in [0.717, 1.165) is 75.1 Å². The Labute approximate surface area is 199 Å². The van der Waals surface area contributed by atoms with Gasteiger partial charge in [-0.1, -0.05) is 11.6 Å². The summed E-state index contributed by atoms with van der Waals surface area (Å²) in [6.07, 6.45) is 0. The quantitative estimate of drug-likeness (QED) is 0.589. The van der Waals surface area contributed by atoms with Gasteiger partial charge in [-0.25, -0.2) is 4.98 Å². The van der Waals surface area contributed by atoms with Crippen LogP contribution in [0.2, 0.25) is 5.02 Å². The molecule has 0 radical (unpaired) electrons. The molecule has 0 spiro atoms. The maximum atomic E-state index is 13.9. The summed E-state index contributed by atoms with van der Waals surface area (Å²) in [4.78, 5) is 28.2. The molecule has 7 nitrogen and oxygen atoms in total. The fourth-order valence-electron chi connectivity index (χ4n) is 4.65. The minimum absolute atomic E-state index is 0.0255. The second-order valence-electron chi connectivity index (χ2n) is 9.22. The number of anilines is 1. The summed E-state index contributed by atoms with van der Waals surface area (Å²) < 4.78 is 1.77. The Hall–Kier alpha value is -2.45. The van der Waals surface area contributed by atoms with Crippen LogP contribution in [0.5, 0.6) is 0 Å². The fraction of sp³-hybridized carbons (Fsp3) is 0.440. The van der Waals surface area contributed by atoms with Crippen LogP contribution in [0.1, 0.15) is 5.82 Å². The minimum Gasteiger partial charge on any atom is -0.369 e. The first kappa shape index (κ1) is 22.3. The van der Waals surface area contributed by atoms with Crippen molar-refractivity contribution in [1.82, 2.24) is 24.3 Å². The van der Waals surface area contributed by atoms with Crippen molar-refractivity contribution in [3.05, 3.63) is 63.7 Å². The van der Waals surface area contributed by atoms with E-state index in [4.69, 9.17) is 16.6 Å². The van der Waals surface area contributed by atoms with E-state index >= 15 is 0 Å². The summed E-state index contributed by atoms with van der Waals surface area (Å²) in [5.41, 5.74) is 2.62. The lowest BCUT2D eigenvalue weighted by Crippen LogP contribution is -2.45. The third-order valence-corrected chi connectivity index (χ3v) is 7.09. The normalized spacial score (nSPS) is 18.8. The van der Waals surface area contributed by atoms with Crippen molar-refractivity contribution in [2.45, 2.75) is 6.54 Å². The van der Waals surface area contributed by atoms with Crippen LogP contribution in [0.15, 0.2) is 47.3 Å². The number of aromatic nitrogens is 2. The second kappa shape index (κ2) is 9.43. The number of likely N-dealkylation sites (N-methyl/N-ethyl adjacent to an activating group) is 2. The smallest absolute Gasteiger partial charge is 0.266 e. The number of halogens is 1. The molecule has 5 rings (SSSR count). The van der Waals surface area contributed by atoms with Gasteiger partial charge in [-0.15, -0.1) is 0 Å². The van der Waals surface area contributed by atoms with Crippen LogP contribution in [0.4, 0.5) is 5.69 Å². The van der Waals surface area contributed by atoms with Crippen molar-refractivity contribution in [3.63, 3.8) is 0 Å². The van der Waals surface area contributed by atoms with E-state index in [1.807, 2.05) is 36.4 Å². The lowest BCUT2D eigenvalue weighted by Gasteiger charge is -2.34. The molecule has 1 aromatic heterocycles. The second-order valence-corrected chi connectivity index (χ2v) is 9.65. The van der Waals surface area contributed by atoms with Gasteiger partial charge in [-0.05, 0) is 56.6 Å². The highest BCUT2D eigenvalue weighted by Crippen LogP contribution is 2.23.